The minimum absolute atomic E-state index is 0.121. The number of pyridine rings is 1. The van der Waals surface area contributed by atoms with Gasteiger partial charge in [0, 0.05) is 12.7 Å². The fourth-order valence-corrected chi connectivity index (χ4v) is 3.04. The number of aromatic nitrogens is 3. The molecule has 0 aliphatic rings. The molecule has 0 saturated heterocycles. The van der Waals surface area contributed by atoms with Crippen LogP contribution in [-0.4, -0.2) is 32.2 Å². The molecule has 8 nitrogen and oxygen atoms in total. The van der Waals surface area contributed by atoms with Crippen LogP contribution in [0.3, 0.4) is 0 Å². The Hall–Kier alpha value is -3.42. The zero-order valence-corrected chi connectivity index (χ0v) is 15.9. The Bertz CT molecular complexity index is 1070. The molecule has 3 aromatic rings. The molecule has 0 unspecified atom stereocenters. The van der Waals surface area contributed by atoms with E-state index in [0.29, 0.717) is 29.8 Å². The Balaban J connectivity index is 2.05. The van der Waals surface area contributed by atoms with Gasteiger partial charge in [-0.15, -0.1) is 0 Å². The number of carboxylic acid groups (broad SMARTS) is 1. The van der Waals surface area contributed by atoms with Crippen molar-refractivity contribution in [1.82, 2.24) is 14.5 Å². The summed E-state index contributed by atoms with van der Waals surface area (Å²) in [6.07, 6.45) is 3.69. The van der Waals surface area contributed by atoms with Crippen molar-refractivity contribution in [1.29, 1.82) is 0 Å². The molecule has 0 amide bonds. The van der Waals surface area contributed by atoms with E-state index < -0.39 is 5.97 Å². The fourth-order valence-electron chi connectivity index (χ4n) is 3.04. The summed E-state index contributed by atoms with van der Waals surface area (Å²) in [5.74, 6) is -0.418. The average Bonchev–Trinajstić information content (AvgIpc) is 2.66. The summed E-state index contributed by atoms with van der Waals surface area (Å²) in [4.78, 5) is 32.6. The van der Waals surface area contributed by atoms with Gasteiger partial charge in [-0.3, -0.25) is 4.79 Å². The number of rotatable bonds is 7. The number of anilines is 2. The Kier molecular flexibility index (Phi) is 5.58. The Morgan fingerprint density at radius 1 is 1.25 bits per heavy atom. The van der Waals surface area contributed by atoms with Crippen LogP contribution in [0.1, 0.15) is 41.3 Å². The molecule has 0 spiro atoms. The van der Waals surface area contributed by atoms with E-state index in [1.54, 1.807) is 22.9 Å². The first kappa shape index (κ1) is 19.3. The SMILES string of the molecule is CCCCNc1nc(N)nc2c(C)cn(Cc3ccc(C(=O)O)cc3)c(=O)c12. The standard InChI is InChI=1S/C20H23N5O3/c1-3-4-9-22-17-15-16(23-20(21)24-17)12(2)10-25(18(15)26)11-13-5-7-14(8-6-13)19(27)28/h5-8,10H,3-4,9,11H2,1-2H3,(H,27,28)(H3,21,22,23,24). The number of aromatic carboxylic acids is 1. The third-order valence-corrected chi connectivity index (χ3v) is 4.50. The minimum atomic E-state index is -0.984. The monoisotopic (exact) mass is 381 g/mol. The van der Waals surface area contributed by atoms with Crippen LogP contribution in [0.4, 0.5) is 11.8 Å². The number of nitrogens with two attached hydrogens (primary N) is 1. The highest BCUT2D eigenvalue weighted by Gasteiger charge is 2.15. The molecule has 0 atom stereocenters. The van der Waals surface area contributed by atoms with Gasteiger partial charge in [-0.1, -0.05) is 25.5 Å². The lowest BCUT2D eigenvalue weighted by Crippen LogP contribution is -2.23. The number of carbonyl (C=O) groups is 1. The van der Waals surface area contributed by atoms with E-state index in [9.17, 15) is 9.59 Å². The first-order valence-corrected chi connectivity index (χ1v) is 9.14. The number of unbranched alkanes of at least 4 members (excludes halogenated alkanes) is 1. The molecular weight excluding hydrogens is 358 g/mol. The number of benzene rings is 1. The topological polar surface area (TPSA) is 123 Å². The van der Waals surface area contributed by atoms with Crippen LogP contribution in [-0.2, 0) is 6.54 Å². The van der Waals surface area contributed by atoms with Crippen molar-refractivity contribution in [3.8, 4) is 0 Å². The van der Waals surface area contributed by atoms with Gasteiger partial charge in [0.1, 0.15) is 11.2 Å². The highest BCUT2D eigenvalue weighted by atomic mass is 16.4. The van der Waals surface area contributed by atoms with E-state index in [1.807, 2.05) is 6.92 Å². The summed E-state index contributed by atoms with van der Waals surface area (Å²) >= 11 is 0. The molecular formula is C20H23N5O3. The molecule has 3 rings (SSSR count). The average molecular weight is 381 g/mol. The summed E-state index contributed by atoms with van der Waals surface area (Å²) in [6.45, 7) is 4.95. The maximum Gasteiger partial charge on any atom is 0.335 e. The first-order valence-electron chi connectivity index (χ1n) is 9.14. The van der Waals surface area contributed by atoms with Crippen LogP contribution in [0.2, 0.25) is 0 Å². The molecule has 4 N–H and O–H groups in total. The van der Waals surface area contributed by atoms with Crippen LogP contribution >= 0.6 is 0 Å². The quantitative estimate of drug-likeness (QED) is 0.538. The largest absolute Gasteiger partial charge is 0.478 e. The summed E-state index contributed by atoms with van der Waals surface area (Å²) in [5, 5.41) is 12.6. The van der Waals surface area contributed by atoms with Crippen molar-refractivity contribution in [3.63, 3.8) is 0 Å². The molecule has 0 aliphatic carbocycles. The second kappa shape index (κ2) is 8.08. The van der Waals surface area contributed by atoms with E-state index in [0.717, 1.165) is 24.0 Å². The lowest BCUT2D eigenvalue weighted by atomic mass is 10.1. The van der Waals surface area contributed by atoms with Crippen LogP contribution < -0.4 is 16.6 Å². The highest BCUT2D eigenvalue weighted by molar-refractivity contribution is 5.91. The first-order chi connectivity index (χ1) is 13.4. The zero-order valence-electron chi connectivity index (χ0n) is 15.9. The van der Waals surface area contributed by atoms with Gasteiger partial charge in [0.2, 0.25) is 5.95 Å². The number of hydrogen-bond acceptors (Lipinski definition) is 6. The predicted octanol–water partition coefficient (Wildman–Crippen LogP) is 2.64. The molecule has 28 heavy (non-hydrogen) atoms. The molecule has 146 valence electrons. The van der Waals surface area contributed by atoms with Gasteiger partial charge in [0.05, 0.1) is 17.6 Å². The Morgan fingerprint density at radius 2 is 1.96 bits per heavy atom. The summed E-state index contributed by atoms with van der Waals surface area (Å²) in [7, 11) is 0. The van der Waals surface area contributed by atoms with Crippen molar-refractivity contribution < 1.29 is 9.90 Å². The molecule has 2 aromatic heterocycles. The van der Waals surface area contributed by atoms with Gasteiger partial charge < -0.3 is 20.7 Å². The zero-order chi connectivity index (χ0) is 20.3. The third-order valence-electron chi connectivity index (χ3n) is 4.50. The number of nitrogens with zero attached hydrogens (tertiary/aromatic N) is 3. The fraction of sp³-hybridized carbons (Fsp3) is 0.300. The van der Waals surface area contributed by atoms with Gasteiger partial charge in [0.25, 0.3) is 5.56 Å². The maximum absolute atomic E-state index is 13.1. The van der Waals surface area contributed by atoms with Crippen molar-refractivity contribution >= 4 is 28.6 Å². The normalized spacial score (nSPS) is 10.9. The van der Waals surface area contributed by atoms with Gasteiger partial charge >= 0.3 is 5.97 Å². The molecule has 1 aromatic carbocycles. The van der Waals surface area contributed by atoms with Crippen molar-refractivity contribution in [2.24, 2.45) is 0 Å². The van der Waals surface area contributed by atoms with E-state index in [2.05, 4.69) is 22.2 Å². The van der Waals surface area contributed by atoms with Gasteiger partial charge in [0.15, 0.2) is 0 Å². The number of fused-ring (bicyclic) bond motifs is 1. The minimum Gasteiger partial charge on any atom is -0.478 e. The molecule has 0 radical (unpaired) electrons. The number of hydrogen-bond donors (Lipinski definition) is 3. The second-order valence-corrected chi connectivity index (χ2v) is 6.68. The van der Waals surface area contributed by atoms with E-state index in [4.69, 9.17) is 10.8 Å². The summed E-state index contributed by atoms with van der Waals surface area (Å²) < 4.78 is 1.58. The molecule has 2 heterocycles. The second-order valence-electron chi connectivity index (χ2n) is 6.68. The van der Waals surface area contributed by atoms with Crippen molar-refractivity contribution in [2.75, 3.05) is 17.6 Å². The molecule has 0 bridgehead atoms. The van der Waals surface area contributed by atoms with Crippen molar-refractivity contribution in [2.45, 2.75) is 33.2 Å². The molecule has 0 fully saturated rings. The lowest BCUT2D eigenvalue weighted by Gasteiger charge is -2.13. The van der Waals surface area contributed by atoms with Crippen LogP contribution in [0.25, 0.3) is 10.9 Å². The molecule has 0 aliphatic heterocycles. The number of carboxylic acids is 1. The van der Waals surface area contributed by atoms with Crippen LogP contribution in [0.5, 0.6) is 0 Å². The Labute approximate surface area is 162 Å². The van der Waals surface area contributed by atoms with Crippen LogP contribution in [0, 0.1) is 6.92 Å². The van der Waals surface area contributed by atoms with E-state index in [1.165, 1.54) is 12.1 Å². The third kappa shape index (κ3) is 3.95. The van der Waals surface area contributed by atoms with E-state index in [-0.39, 0.29) is 17.1 Å². The number of nitrogen functional groups attached to an aromatic ring is 1. The smallest absolute Gasteiger partial charge is 0.335 e. The van der Waals surface area contributed by atoms with E-state index >= 15 is 0 Å². The van der Waals surface area contributed by atoms with Crippen molar-refractivity contribution in [3.05, 3.63) is 57.5 Å². The van der Waals surface area contributed by atoms with Crippen LogP contribution in [0.15, 0.2) is 35.3 Å². The molecule has 8 heteroatoms. The maximum atomic E-state index is 13.1. The van der Waals surface area contributed by atoms with Gasteiger partial charge in [-0.05, 0) is 36.6 Å². The number of aryl methyl sites for hydroxylation is 1. The summed E-state index contributed by atoms with van der Waals surface area (Å²) in [5.41, 5.74) is 7.98. The summed E-state index contributed by atoms with van der Waals surface area (Å²) in [6, 6.07) is 6.46. The highest BCUT2D eigenvalue weighted by Crippen LogP contribution is 2.21. The Morgan fingerprint density at radius 3 is 2.61 bits per heavy atom. The number of nitrogens with one attached hydrogen (secondary N) is 1. The molecule has 0 saturated carbocycles. The predicted molar refractivity (Wildman–Crippen MR) is 109 cm³/mol. The van der Waals surface area contributed by atoms with Gasteiger partial charge in [-0.25, -0.2) is 9.78 Å². The lowest BCUT2D eigenvalue weighted by molar-refractivity contribution is 0.0697. The van der Waals surface area contributed by atoms with Gasteiger partial charge in [-0.2, -0.15) is 4.98 Å².